The Bertz CT molecular complexity index is 613. The molecule has 5 heteroatoms. The summed E-state index contributed by atoms with van der Waals surface area (Å²) in [5.41, 5.74) is 2.40. The maximum atomic E-state index is 5.36. The van der Waals surface area contributed by atoms with E-state index in [-0.39, 0.29) is 0 Å². The molecule has 0 bridgehead atoms. The third-order valence-corrected chi connectivity index (χ3v) is 3.53. The van der Waals surface area contributed by atoms with Crippen LogP contribution in [0, 0.1) is 0 Å². The lowest BCUT2D eigenvalue weighted by atomic mass is 10.1. The van der Waals surface area contributed by atoms with Crippen molar-refractivity contribution < 1.29 is 4.74 Å². The van der Waals surface area contributed by atoms with E-state index >= 15 is 0 Å². The zero-order valence-electron chi connectivity index (χ0n) is 13.7. The number of guanidine groups is 1. The molecule has 0 fully saturated rings. The minimum absolute atomic E-state index is 0.799. The van der Waals surface area contributed by atoms with Gasteiger partial charge in [0.1, 0.15) is 5.75 Å². The molecule has 0 aliphatic rings. The van der Waals surface area contributed by atoms with Crippen molar-refractivity contribution >= 4 is 5.96 Å². The number of methoxy groups -OCH3 is 1. The predicted molar refractivity (Wildman–Crippen MR) is 94.0 cm³/mol. The van der Waals surface area contributed by atoms with Gasteiger partial charge in [0.15, 0.2) is 5.96 Å². The zero-order valence-corrected chi connectivity index (χ0v) is 13.7. The fraction of sp³-hybridized carbons (Fsp3) is 0.333. The highest BCUT2D eigenvalue weighted by atomic mass is 16.5. The SMILES string of the molecule is CN=C(NCCc1cccnc1)NCCc1ccccc1OC. The Kier molecular flexibility index (Phi) is 6.91. The molecule has 1 aromatic carbocycles. The lowest BCUT2D eigenvalue weighted by molar-refractivity contribution is 0.409. The van der Waals surface area contributed by atoms with Gasteiger partial charge in [0.25, 0.3) is 0 Å². The van der Waals surface area contributed by atoms with Crippen LogP contribution in [-0.2, 0) is 12.8 Å². The van der Waals surface area contributed by atoms with Gasteiger partial charge in [-0.1, -0.05) is 24.3 Å². The van der Waals surface area contributed by atoms with Gasteiger partial charge in [-0.05, 0) is 36.1 Å². The number of aromatic nitrogens is 1. The summed E-state index contributed by atoms with van der Waals surface area (Å²) in [6.07, 6.45) is 5.48. The summed E-state index contributed by atoms with van der Waals surface area (Å²) >= 11 is 0. The van der Waals surface area contributed by atoms with Crippen LogP contribution >= 0.6 is 0 Å². The molecule has 5 nitrogen and oxygen atoms in total. The normalized spacial score (nSPS) is 11.1. The van der Waals surface area contributed by atoms with E-state index in [9.17, 15) is 0 Å². The van der Waals surface area contributed by atoms with E-state index in [0.29, 0.717) is 0 Å². The van der Waals surface area contributed by atoms with Crippen LogP contribution in [0.25, 0.3) is 0 Å². The van der Waals surface area contributed by atoms with E-state index in [1.165, 1.54) is 11.1 Å². The molecule has 1 aromatic heterocycles. The molecule has 0 aliphatic carbocycles. The number of rotatable bonds is 7. The summed E-state index contributed by atoms with van der Waals surface area (Å²) in [6, 6.07) is 12.1. The number of pyridine rings is 1. The Morgan fingerprint density at radius 1 is 1.09 bits per heavy atom. The van der Waals surface area contributed by atoms with E-state index in [1.807, 2.05) is 30.5 Å². The molecule has 122 valence electrons. The molecule has 0 aliphatic heterocycles. The van der Waals surface area contributed by atoms with Crippen molar-refractivity contribution in [3.05, 3.63) is 59.9 Å². The molecular weight excluding hydrogens is 288 g/mol. The highest BCUT2D eigenvalue weighted by molar-refractivity contribution is 5.79. The number of nitrogens with zero attached hydrogens (tertiary/aromatic N) is 2. The van der Waals surface area contributed by atoms with Crippen LogP contribution in [0.5, 0.6) is 5.75 Å². The van der Waals surface area contributed by atoms with Gasteiger partial charge in [-0.25, -0.2) is 0 Å². The fourth-order valence-electron chi connectivity index (χ4n) is 2.32. The van der Waals surface area contributed by atoms with Crippen LogP contribution in [0.3, 0.4) is 0 Å². The average Bonchev–Trinajstić information content (AvgIpc) is 2.61. The van der Waals surface area contributed by atoms with Crippen molar-refractivity contribution in [1.82, 2.24) is 15.6 Å². The first-order chi connectivity index (χ1) is 11.3. The molecule has 23 heavy (non-hydrogen) atoms. The molecule has 0 atom stereocenters. The Balaban J connectivity index is 1.73. The smallest absolute Gasteiger partial charge is 0.190 e. The van der Waals surface area contributed by atoms with Crippen LogP contribution in [0.1, 0.15) is 11.1 Å². The summed E-state index contributed by atoms with van der Waals surface area (Å²) in [7, 11) is 3.48. The maximum Gasteiger partial charge on any atom is 0.190 e. The number of aliphatic imine (C=N–C) groups is 1. The molecule has 2 N–H and O–H groups in total. The van der Waals surface area contributed by atoms with Gasteiger partial charge in [-0.3, -0.25) is 9.98 Å². The van der Waals surface area contributed by atoms with Gasteiger partial charge in [-0.2, -0.15) is 0 Å². The third kappa shape index (κ3) is 5.62. The number of benzene rings is 1. The second-order valence-electron chi connectivity index (χ2n) is 5.10. The van der Waals surface area contributed by atoms with E-state index in [4.69, 9.17) is 4.74 Å². The molecule has 0 spiro atoms. The zero-order chi connectivity index (χ0) is 16.3. The summed E-state index contributed by atoms with van der Waals surface area (Å²) in [5, 5.41) is 6.64. The molecule has 0 saturated heterocycles. The summed E-state index contributed by atoms with van der Waals surface area (Å²) in [6.45, 7) is 1.62. The van der Waals surface area contributed by atoms with Crippen molar-refractivity contribution in [1.29, 1.82) is 0 Å². The van der Waals surface area contributed by atoms with Crippen LogP contribution in [-0.4, -0.2) is 38.2 Å². The second kappa shape index (κ2) is 9.46. The van der Waals surface area contributed by atoms with Crippen molar-refractivity contribution in [2.75, 3.05) is 27.2 Å². The van der Waals surface area contributed by atoms with E-state index < -0.39 is 0 Å². The monoisotopic (exact) mass is 312 g/mol. The quantitative estimate of drug-likeness (QED) is 0.607. The fourth-order valence-corrected chi connectivity index (χ4v) is 2.32. The van der Waals surface area contributed by atoms with Crippen LogP contribution in [0.2, 0.25) is 0 Å². The number of ether oxygens (including phenoxy) is 1. The Hall–Kier alpha value is -2.56. The molecule has 0 radical (unpaired) electrons. The highest BCUT2D eigenvalue weighted by Gasteiger charge is 2.02. The van der Waals surface area contributed by atoms with E-state index in [0.717, 1.165) is 37.6 Å². The maximum absolute atomic E-state index is 5.36. The largest absolute Gasteiger partial charge is 0.496 e. The summed E-state index contributed by atoms with van der Waals surface area (Å²) in [5.74, 6) is 1.73. The molecule has 0 unspecified atom stereocenters. The number of hydrogen-bond acceptors (Lipinski definition) is 3. The number of para-hydroxylation sites is 1. The topological polar surface area (TPSA) is 58.5 Å². The second-order valence-corrected chi connectivity index (χ2v) is 5.10. The van der Waals surface area contributed by atoms with Crippen molar-refractivity contribution in [2.24, 2.45) is 4.99 Å². The average molecular weight is 312 g/mol. The van der Waals surface area contributed by atoms with E-state index in [2.05, 4.69) is 32.7 Å². The predicted octanol–water partition coefficient (Wildman–Crippen LogP) is 2.04. The summed E-state index contributed by atoms with van der Waals surface area (Å²) < 4.78 is 5.36. The molecule has 1 heterocycles. The Labute approximate surface area is 137 Å². The van der Waals surface area contributed by atoms with E-state index in [1.54, 1.807) is 20.4 Å². The van der Waals surface area contributed by atoms with Crippen LogP contribution in [0.4, 0.5) is 0 Å². The first-order valence-electron chi connectivity index (χ1n) is 7.79. The van der Waals surface area contributed by atoms with Gasteiger partial charge in [0, 0.05) is 32.5 Å². The molecule has 0 amide bonds. The Morgan fingerprint density at radius 3 is 2.57 bits per heavy atom. The molecular formula is C18H24N4O. The van der Waals surface area contributed by atoms with Crippen molar-refractivity contribution in [3.8, 4) is 5.75 Å². The van der Waals surface area contributed by atoms with Gasteiger partial charge in [-0.15, -0.1) is 0 Å². The first-order valence-corrected chi connectivity index (χ1v) is 7.79. The van der Waals surface area contributed by atoms with Crippen molar-refractivity contribution in [2.45, 2.75) is 12.8 Å². The lowest BCUT2D eigenvalue weighted by Gasteiger charge is -2.13. The van der Waals surface area contributed by atoms with Crippen molar-refractivity contribution in [3.63, 3.8) is 0 Å². The third-order valence-electron chi connectivity index (χ3n) is 3.53. The van der Waals surface area contributed by atoms with Gasteiger partial charge < -0.3 is 15.4 Å². The van der Waals surface area contributed by atoms with Crippen LogP contribution in [0.15, 0.2) is 53.8 Å². The number of nitrogens with one attached hydrogen (secondary N) is 2. The first kappa shape index (κ1) is 16.8. The minimum Gasteiger partial charge on any atom is -0.496 e. The van der Waals surface area contributed by atoms with Gasteiger partial charge >= 0.3 is 0 Å². The molecule has 2 rings (SSSR count). The molecule has 2 aromatic rings. The molecule has 0 saturated carbocycles. The standard InChI is InChI=1S/C18H24N4O/c1-19-18(21-12-9-15-6-5-11-20-14-15)22-13-10-16-7-3-4-8-17(16)23-2/h3-8,11,14H,9-10,12-13H2,1-2H3,(H2,19,21,22). The highest BCUT2D eigenvalue weighted by Crippen LogP contribution is 2.17. The Morgan fingerprint density at radius 2 is 1.87 bits per heavy atom. The van der Waals surface area contributed by atoms with Gasteiger partial charge in [0.2, 0.25) is 0 Å². The minimum atomic E-state index is 0.799. The lowest BCUT2D eigenvalue weighted by Crippen LogP contribution is -2.39. The van der Waals surface area contributed by atoms with Gasteiger partial charge in [0.05, 0.1) is 7.11 Å². The van der Waals surface area contributed by atoms with Crippen LogP contribution < -0.4 is 15.4 Å². The summed E-state index contributed by atoms with van der Waals surface area (Å²) in [4.78, 5) is 8.36. The number of hydrogen-bond donors (Lipinski definition) is 2.